The second-order valence-electron chi connectivity index (χ2n) is 4.54. The molecule has 0 aromatic carbocycles. The predicted molar refractivity (Wildman–Crippen MR) is 49.4 cm³/mol. The van der Waals surface area contributed by atoms with E-state index in [0.29, 0.717) is 24.7 Å². The van der Waals surface area contributed by atoms with Crippen LogP contribution in [-0.4, -0.2) is 21.8 Å². The maximum atomic E-state index is 10.5. The molecule has 1 fully saturated rings. The van der Waals surface area contributed by atoms with Gasteiger partial charge in [0.1, 0.15) is 0 Å². The molecule has 2 atom stereocenters. The van der Waals surface area contributed by atoms with E-state index in [1.54, 1.807) is 0 Å². The summed E-state index contributed by atoms with van der Waals surface area (Å²) < 4.78 is 0. The smallest absolute Gasteiger partial charge is 0.306 e. The van der Waals surface area contributed by atoms with Crippen LogP contribution in [0.5, 0.6) is 0 Å². The monoisotopic (exact) mass is 186 g/mol. The van der Waals surface area contributed by atoms with Gasteiger partial charge in [0.2, 0.25) is 0 Å². The third-order valence-corrected chi connectivity index (χ3v) is 3.05. The topological polar surface area (TPSA) is 57.5 Å². The molecule has 3 heteroatoms. The molecule has 3 nitrogen and oxygen atoms in total. The fourth-order valence-corrected chi connectivity index (χ4v) is 2.16. The van der Waals surface area contributed by atoms with Crippen molar-refractivity contribution in [2.75, 3.05) is 0 Å². The molecule has 1 aliphatic rings. The molecule has 0 saturated heterocycles. The minimum atomic E-state index is -0.930. The Labute approximate surface area is 78.8 Å². The molecule has 0 amide bonds. The molecular weight excluding hydrogens is 168 g/mol. The Hall–Kier alpha value is -0.570. The highest BCUT2D eigenvalue weighted by Gasteiger charge is 2.39. The first-order valence-electron chi connectivity index (χ1n) is 4.87. The summed E-state index contributed by atoms with van der Waals surface area (Å²) in [5.41, 5.74) is -0.930. The van der Waals surface area contributed by atoms with Crippen molar-refractivity contribution in [3.05, 3.63) is 0 Å². The van der Waals surface area contributed by atoms with Crippen molar-refractivity contribution < 1.29 is 15.0 Å². The molecule has 76 valence electrons. The lowest BCUT2D eigenvalue weighted by atomic mass is 9.91. The Morgan fingerprint density at radius 1 is 1.62 bits per heavy atom. The molecule has 2 unspecified atom stereocenters. The molecule has 0 spiro atoms. The van der Waals surface area contributed by atoms with Crippen LogP contribution in [0.3, 0.4) is 0 Å². The Morgan fingerprint density at radius 2 is 2.23 bits per heavy atom. The number of aliphatic hydroxyl groups is 1. The summed E-state index contributed by atoms with van der Waals surface area (Å²) in [7, 11) is 0. The fraction of sp³-hybridized carbons (Fsp3) is 0.900. The minimum Gasteiger partial charge on any atom is -0.481 e. The van der Waals surface area contributed by atoms with Gasteiger partial charge in [0.15, 0.2) is 0 Å². The fourth-order valence-electron chi connectivity index (χ4n) is 2.16. The van der Waals surface area contributed by atoms with Crippen molar-refractivity contribution in [3.63, 3.8) is 0 Å². The van der Waals surface area contributed by atoms with Crippen molar-refractivity contribution in [1.29, 1.82) is 0 Å². The van der Waals surface area contributed by atoms with Crippen molar-refractivity contribution in [3.8, 4) is 0 Å². The third-order valence-electron chi connectivity index (χ3n) is 3.05. The zero-order valence-electron chi connectivity index (χ0n) is 8.29. The first-order chi connectivity index (χ1) is 5.93. The second-order valence-corrected chi connectivity index (χ2v) is 4.54. The van der Waals surface area contributed by atoms with E-state index in [9.17, 15) is 9.90 Å². The van der Waals surface area contributed by atoms with Gasteiger partial charge in [-0.05, 0) is 31.1 Å². The van der Waals surface area contributed by atoms with Gasteiger partial charge < -0.3 is 10.2 Å². The summed E-state index contributed by atoms with van der Waals surface area (Å²) in [6, 6.07) is 0. The third kappa shape index (κ3) is 2.69. The predicted octanol–water partition coefficient (Wildman–Crippen LogP) is 1.65. The van der Waals surface area contributed by atoms with Gasteiger partial charge in [0, 0.05) is 0 Å². The van der Waals surface area contributed by atoms with E-state index < -0.39 is 11.6 Å². The summed E-state index contributed by atoms with van der Waals surface area (Å²) >= 11 is 0. The van der Waals surface area contributed by atoms with Gasteiger partial charge in [-0.15, -0.1) is 0 Å². The molecule has 0 aliphatic heterocycles. The quantitative estimate of drug-likeness (QED) is 0.704. The number of carboxylic acids is 1. The van der Waals surface area contributed by atoms with Gasteiger partial charge in [0.25, 0.3) is 0 Å². The average molecular weight is 186 g/mol. The number of hydrogen-bond donors (Lipinski definition) is 2. The minimum absolute atomic E-state index is 0.101. The van der Waals surface area contributed by atoms with Crippen molar-refractivity contribution in [1.82, 2.24) is 0 Å². The molecule has 0 radical (unpaired) electrons. The number of carboxylic acid groups (broad SMARTS) is 1. The Morgan fingerprint density at radius 3 is 2.62 bits per heavy atom. The van der Waals surface area contributed by atoms with Gasteiger partial charge in [-0.3, -0.25) is 4.79 Å². The highest BCUT2D eigenvalue weighted by atomic mass is 16.4. The highest BCUT2D eigenvalue weighted by Crippen LogP contribution is 2.40. The first-order valence-corrected chi connectivity index (χ1v) is 4.87. The SMILES string of the molecule is CC(C)C1CCC(O)(CC(=O)O)C1. The Kier molecular flexibility index (Phi) is 2.96. The van der Waals surface area contributed by atoms with Crippen LogP contribution in [-0.2, 0) is 4.79 Å². The Balaban J connectivity index is 2.51. The lowest BCUT2D eigenvalue weighted by Gasteiger charge is -2.21. The van der Waals surface area contributed by atoms with E-state index >= 15 is 0 Å². The van der Waals surface area contributed by atoms with Crippen molar-refractivity contribution in [2.24, 2.45) is 11.8 Å². The lowest BCUT2D eigenvalue weighted by molar-refractivity contribution is -0.142. The van der Waals surface area contributed by atoms with Gasteiger partial charge in [-0.1, -0.05) is 13.8 Å². The van der Waals surface area contributed by atoms with Crippen LogP contribution in [0.1, 0.15) is 39.5 Å². The van der Waals surface area contributed by atoms with Crippen LogP contribution in [0.15, 0.2) is 0 Å². The summed E-state index contributed by atoms with van der Waals surface area (Å²) in [5.74, 6) is 0.138. The summed E-state index contributed by atoms with van der Waals surface area (Å²) in [6.45, 7) is 4.24. The summed E-state index contributed by atoms with van der Waals surface area (Å²) in [5, 5.41) is 18.5. The number of hydrogen-bond acceptors (Lipinski definition) is 2. The van der Waals surface area contributed by atoms with Crippen LogP contribution >= 0.6 is 0 Å². The van der Waals surface area contributed by atoms with E-state index in [1.165, 1.54) is 0 Å². The van der Waals surface area contributed by atoms with Gasteiger partial charge in [0.05, 0.1) is 12.0 Å². The van der Waals surface area contributed by atoms with E-state index in [0.717, 1.165) is 6.42 Å². The molecule has 13 heavy (non-hydrogen) atoms. The van der Waals surface area contributed by atoms with Crippen LogP contribution in [0, 0.1) is 11.8 Å². The molecule has 1 aliphatic carbocycles. The van der Waals surface area contributed by atoms with E-state index in [1.807, 2.05) is 0 Å². The van der Waals surface area contributed by atoms with Gasteiger partial charge in [-0.25, -0.2) is 0 Å². The molecule has 1 saturated carbocycles. The van der Waals surface area contributed by atoms with Crippen molar-refractivity contribution >= 4 is 5.97 Å². The molecule has 0 heterocycles. The molecule has 0 aromatic heterocycles. The molecular formula is C10H18O3. The maximum Gasteiger partial charge on any atom is 0.306 e. The zero-order chi connectivity index (χ0) is 10.1. The van der Waals surface area contributed by atoms with Crippen LogP contribution in [0.4, 0.5) is 0 Å². The molecule has 0 bridgehead atoms. The molecule has 1 rings (SSSR count). The second kappa shape index (κ2) is 3.66. The highest BCUT2D eigenvalue weighted by molar-refractivity contribution is 5.68. The van der Waals surface area contributed by atoms with Crippen LogP contribution in [0.25, 0.3) is 0 Å². The first kappa shape index (κ1) is 10.5. The summed E-state index contributed by atoms with van der Waals surface area (Å²) in [4.78, 5) is 10.5. The van der Waals surface area contributed by atoms with E-state index in [-0.39, 0.29) is 6.42 Å². The zero-order valence-corrected chi connectivity index (χ0v) is 8.29. The van der Waals surface area contributed by atoms with E-state index in [4.69, 9.17) is 5.11 Å². The number of rotatable bonds is 3. The van der Waals surface area contributed by atoms with Gasteiger partial charge in [-0.2, -0.15) is 0 Å². The molecule has 2 N–H and O–H groups in total. The normalized spacial score (nSPS) is 34.0. The van der Waals surface area contributed by atoms with Crippen LogP contribution in [0.2, 0.25) is 0 Å². The van der Waals surface area contributed by atoms with E-state index in [2.05, 4.69) is 13.8 Å². The average Bonchev–Trinajstić information content (AvgIpc) is 2.29. The van der Waals surface area contributed by atoms with Gasteiger partial charge >= 0.3 is 5.97 Å². The summed E-state index contributed by atoms with van der Waals surface area (Å²) in [6.07, 6.45) is 2.15. The number of carbonyl (C=O) groups is 1. The number of aliphatic carboxylic acids is 1. The largest absolute Gasteiger partial charge is 0.481 e. The Bertz CT molecular complexity index is 200. The van der Waals surface area contributed by atoms with Crippen LogP contribution < -0.4 is 0 Å². The lowest BCUT2D eigenvalue weighted by Crippen LogP contribution is -2.28. The maximum absolute atomic E-state index is 10.5. The molecule has 0 aromatic rings. The standard InChI is InChI=1S/C10H18O3/c1-7(2)8-3-4-10(13,5-8)6-9(11)12/h7-8,13H,3-6H2,1-2H3,(H,11,12). The van der Waals surface area contributed by atoms with Crippen molar-refractivity contribution in [2.45, 2.75) is 45.1 Å².